The van der Waals surface area contributed by atoms with Crippen molar-refractivity contribution in [1.29, 1.82) is 0 Å². The lowest BCUT2D eigenvalue weighted by Crippen LogP contribution is -2.26. The van der Waals surface area contributed by atoms with Gasteiger partial charge < -0.3 is 9.72 Å². The molecule has 15 heavy (non-hydrogen) atoms. The zero-order valence-electron chi connectivity index (χ0n) is 8.69. The second-order valence-electron chi connectivity index (χ2n) is 4.16. The zero-order valence-corrected chi connectivity index (χ0v) is 8.69. The molecule has 0 aromatic carbocycles. The van der Waals surface area contributed by atoms with Crippen molar-refractivity contribution in [1.82, 2.24) is 14.7 Å². The molecule has 1 atom stereocenters. The minimum atomic E-state index is 0.533. The number of aromatic nitrogens is 2. The predicted molar refractivity (Wildman–Crippen MR) is 59.8 cm³/mol. The van der Waals surface area contributed by atoms with Gasteiger partial charge in [0.15, 0.2) is 0 Å². The van der Waals surface area contributed by atoms with E-state index in [0.717, 1.165) is 12.2 Å². The molecule has 1 aliphatic rings. The Morgan fingerprint density at radius 3 is 3.20 bits per heavy atom. The molecule has 0 amide bonds. The van der Waals surface area contributed by atoms with E-state index < -0.39 is 0 Å². The Morgan fingerprint density at radius 2 is 2.33 bits per heavy atom. The van der Waals surface area contributed by atoms with Gasteiger partial charge in [0, 0.05) is 24.6 Å². The summed E-state index contributed by atoms with van der Waals surface area (Å²) in [5, 5.41) is 3.56. The average molecular weight is 201 g/mol. The highest BCUT2D eigenvalue weighted by Gasteiger charge is 2.14. The molecule has 2 aromatic heterocycles. The smallest absolute Gasteiger partial charge is 0.136 e. The fourth-order valence-corrected chi connectivity index (χ4v) is 2.28. The highest BCUT2D eigenvalue weighted by Crippen LogP contribution is 2.22. The van der Waals surface area contributed by atoms with E-state index in [2.05, 4.69) is 33.0 Å². The lowest BCUT2D eigenvalue weighted by atomic mass is 9.99. The number of hydrogen-bond acceptors (Lipinski definition) is 2. The summed E-state index contributed by atoms with van der Waals surface area (Å²) in [6, 6.07) is 4.81. The topological polar surface area (TPSA) is 29.3 Å². The van der Waals surface area contributed by atoms with Gasteiger partial charge in [-0.3, -0.25) is 0 Å². The van der Waals surface area contributed by atoms with Gasteiger partial charge in [0.05, 0.1) is 0 Å². The van der Waals surface area contributed by atoms with E-state index in [1.165, 1.54) is 24.8 Å². The molecule has 0 aliphatic carbocycles. The number of nitrogens with zero attached hydrogens (tertiary/aromatic N) is 2. The molecule has 0 spiro atoms. The van der Waals surface area contributed by atoms with E-state index in [1.807, 2.05) is 12.4 Å². The van der Waals surface area contributed by atoms with E-state index in [-0.39, 0.29) is 0 Å². The first-order chi connectivity index (χ1) is 7.43. The van der Waals surface area contributed by atoms with Crippen LogP contribution < -0.4 is 5.32 Å². The van der Waals surface area contributed by atoms with Crippen molar-refractivity contribution in [2.24, 2.45) is 0 Å². The van der Waals surface area contributed by atoms with E-state index in [9.17, 15) is 0 Å². The van der Waals surface area contributed by atoms with Crippen molar-refractivity contribution in [3.8, 4) is 0 Å². The standard InChI is InChI=1S/C12H15N3/c1-2-6-13-11(3-1)10-4-5-12-14-7-8-15(12)9-10/h4-5,7-9,11,13H,1-3,6H2. The maximum atomic E-state index is 4.25. The molecule has 1 N–H and O–H groups in total. The molecule has 1 fully saturated rings. The van der Waals surface area contributed by atoms with E-state index in [4.69, 9.17) is 0 Å². The molecule has 0 bridgehead atoms. The molecular weight excluding hydrogens is 186 g/mol. The summed E-state index contributed by atoms with van der Waals surface area (Å²) < 4.78 is 2.09. The van der Waals surface area contributed by atoms with Crippen LogP contribution in [0.4, 0.5) is 0 Å². The first-order valence-electron chi connectivity index (χ1n) is 5.59. The number of nitrogens with one attached hydrogen (secondary N) is 1. The first kappa shape index (κ1) is 8.92. The Kier molecular flexibility index (Phi) is 2.18. The van der Waals surface area contributed by atoms with Crippen LogP contribution in [0.1, 0.15) is 30.9 Å². The Hall–Kier alpha value is -1.35. The van der Waals surface area contributed by atoms with Crippen molar-refractivity contribution in [2.75, 3.05) is 6.54 Å². The van der Waals surface area contributed by atoms with Crippen LogP contribution in [-0.2, 0) is 0 Å². The minimum Gasteiger partial charge on any atom is -0.310 e. The van der Waals surface area contributed by atoms with Crippen LogP contribution in [0.2, 0.25) is 0 Å². The molecule has 3 heteroatoms. The minimum absolute atomic E-state index is 0.533. The largest absolute Gasteiger partial charge is 0.310 e. The normalized spacial score (nSPS) is 22.0. The summed E-state index contributed by atoms with van der Waals surface area (Å²) >= 11 is 0. The maximum Gasteiger partial charge on any atom is 0.136 e. The second-order valence-corrected chi connectivity index (χ2v) is 4.16. The monoisotopic (exact) mass is 201 g/mol. The van der Waals surface area contributed by atoms with Gasteiger partial charge >= 0.3 is 0 Å². The molecule has 1 unspecified atom stereocenters. The highest BCUT2D eigenvalue weighted by atomic mass is 15.0. The van der Waals surface area contributed by atoms with Crippen molar-refractivity contribution in [3.05, 3.63) is 36.3 Å². The van der Waals surface area contributed by atoms with E-state index in [1.54, 1.807) is 0 Å². The third-order valence-electron chi connectivity index (χ3n) is 3.12. The summed E-state index contributed by atoms with van der Waals surface area (Å²) in [6.45, 7) is 1.15. The van der Waals surface area contributed by atoms with Crippen LogP contribution in [0.5, 0.6) is 0 Å². The van der Waals surface area contributed by atoms with Gasteiger partial charge in [-0.2, -0.15) is 0 Å². The van der Waals surface area contributed by atoms with E-state index in [0.29, 0.717) is 6.04 Å². The first-order valence-corrected chi connectivity index (χ1v) is 5.59. The molecule has 0 radical (unpaired) electrons. The van der Waals surface area contributed by atoms with Gasteiger partial charge in [-0.1, -0.05) is 12.5 Å². The number of fused-ring (bicyclic) bond motifs is 1. The van der Waals surface area contributed by atoms with Crippen LogP contribution in [0, 0.1) is 0 Å². The number of piperidine rings is 1. The van der Waals surface area contributed by atoms with Gasteiger partial charge in [-0.15, -0.1) is 0 Å². The quantitative estimate of drug-likeness (QED) is 0.766. The summed E-state index contributed by atoms with van der Waals surface area (Å²) in [5.41, 5.74) is 2.40. The Balaban J connectivity index is 1.95. The second kappa shape index (κ2) is 3.66. The van der Waals surface area contributed by atoms with Gasteiger partial charge in [0.25, 0.3) is 0 Å². The van der Waals surface area contributed by atoms with Gasteiger partial charge in [-0.05, 0) is 31.0 Å². The number of hydrogen-bond donors (Lipinski definition) is 1. The maximum absolute atomic E-state index is 4.25. The van der Waals surface area contributed by atoms with Crippen LogP contribution in [0.25, 0.3) is 5.65 Å². The number of rotatable bonds is 1. The molecule has 3 heterocycles. The lowest BCUT2D eigenvalue weighted by Gasteiger charge is -2.23. The molecule has 1 aliphatic heterocycles. The fourth-order valence-electron chi connectivity index (χ4n) is 2.28. The molecule has 2 aromatic rings. The van der Waals surface area contributed by atoms with Gasteiger partial charge in [0.2, 0.25) is 0 Å². The summed E-state index contributed by atoms with van der Waals surface area (Å²) in [4.78, 5) is 4.25. The SMILES string of the molecule is c1cn2cc(C3CCCCN3)ccc2n1. The van der Waals surface area contributed by atoms with Crippen LogP contribution in [0.15, 0.2) is 30.7 Å². The average Bonchev–Trinajstić information content (AvgIpc) is 2.77. The molecular formula is C12H15N3. The molecule has 3 rings (SSSR count). The van der Waals surface area contributed by atoms with Gasteiger partial charge in [0.1, 0.15) is 5.65 Å². The van der Waals surface area contributed by atoms with Crippen molar-refractivity contribution in [3.63, 3.8) is 0 Å². The van der Waals surface area contributed by atoms with Crippen molar-refractivity contribution in [2.45, 2.75) is 25.3 Å². The highest BCUT2D eigenvalue weighted by molar-refractivity contribution is 5.40. The Labute approximate surface area is 89.1 Å². The molecule has 78 valence electrons. The molecule has 3 nitrogen and oxygen atoms in total. The van der Waals surface area contributed by atoms with Crippen molar-refractivity contribution < 1.29 is 0 Å². The third-order valence-corrected chi connectivity index (χ3v) is 3.12. The summed E-state index contributed by atoms with van der Waals surface area (Å²) in [6.07, 6.45) is 9.92. The summed E-state index contributed by atoms with van der Waals surface area (Å²) in [5.74, 6) is 0. The molecule has 0 saturated carbocycles. The van der Waals surface area contributed by atoms with Crippen LogP contribution in [-0.4, -0.2) is 15.9 Å². The fraction of sp³-hybridized carbons (Fsp3) is 0.417. The Bertz CT molecular complexity index is 455. The number of pyridine rings is 1. The van der Waals surface area contributed by atoms with Gasteiger partial charge in [-0.25, -0.2) is 4.98 Å². The lowest BCUT2D eigenvalue weighted by molar-refractivity contribution is 0.411. The summed E-state index contributed by atoms with van der Waals surface area (Å²) in [7, 11) is 0. The van der Waals surface area contributed by atoms with E-state index >= 15 is 0 Å². The molecule has 1 saturated heterocycles. The number of imidazole rings is 1. The zero-order chi connectivity index (χ0) is 10.1. The van der Waals surface area contributed by atoms with Crippen LogP contribution in [0.3, 0.4) is 0 Å². The predicted octanol–water partition coefficient (Wildman–Crippen LogP) is 2.15. The third kappa shape index (κ3) is 1.63. The van der Waals surface area contributed by atoms with Crippen molar-refractivity contribution >= 4 is 5.65 Å². The Morgan fingerprint density at radius 1 is 1.33 bits per heavy atom. The van der Waals surface area contributed by atoms with Crippen LogP contribution >= 0.6 is 0 Å².